The van der Waals surface area contributed by atoms with Gasteiger partial charge < -0.3 is 24.7 Å². The van der Waals surface area contributed by atoms with Gasteiger partial charge in [0, 0.05) is 36.5 Å². The molecule has 2 atom stereocenters. The van der Waals surface area contributed by atoms with E-state index in [0.29, 0.717) is 18.7 Å². The summed E-state index contributed by atoms with van der Waals surface area (Å²) in [6.45, 7) is 6.15. The molecule has 3 aliphatic heterocycles. The van der Waals surface area contributed by atoms with Crippen molar-refractivity contribution in [3.05, 3.63) is 28.4 Å². The van der Waals surface area contributed by atoms with E-state index in [-0.39, 0.29) is 35.3 Å². The molecule has 1 aromatic rings. The van der Waals surface area contributed by atoms with Gasteiger partial charge in [-0.3, -0.25) is 4.79 Å². The monoisotopic (exact) mass is 402 g/mol. The number of piperidine rings is 1. The average molecular weight is 402 g/mol. The number of fused-ring (bicyclic) bond motifs is 2. The van der Waals surface area contributed by atoms with Crippen LogP contribution in [0.5, 0.6) is 0 Å². The summed E-state index contributed by atoms with van der Waals surface area (Å²) < 4.78 is 5.60. The summed E-state index contributed by atoms with van der Waals surface area (Å²) in [5.41, 5.74) is -0.128. The van der Waals surface area contributed by atoms with E-state index >= 15 is 0 Å². The Labute approximate surface area is 169 Å². The molecule has 3 fully saturated rings. The van der Waals surface area contributed by atoms with Crippen LogP contribution in [0.2, 0.25) is 0 Å². The molecule has 0 aromatic carbocycles. The predicted molar refractivity (Wildman–Crippen MR) is 104 cm³/mol. The van der Waals surface area contributed by atoms with Crippen molar-refractivity contribution in [1.29, 1.82) is 0 Å². The van der Waals surface area contributed by atoms with Crippen LogP contribution in [0.25, 0.3) is 0 Å². The second-order valence-electron chi connectivity index (χ2n) is 9.47. The van der Waals surface area contributed by atoms with Crippen LogP contribution in [0.15, 0.2) is 18.3 Å². The molecule has 3 saturated heterocycles. The minimum Gasteiger partial charge on any atom is -0.444 e. The smallest absolute Gasteiger partial charge is 0.410 e. The van der Waals surface area contributed by atoms with Crippen LogP contribution in [0, 0.1) is 15.5 Å². The Hall–Kier alpha value is -2.71. The molecule has 2 bridgehead atoms. The lowest BCUT2D eigenvalue weighted by atomic mass is 9.74. The number of rotatable bonds is 2. The van der Waals surface area contributed by atoms with E-state index in [2.05, 4.69) is 4.98 Å². The van der Waals surface area contributed by atoms with E-state index in [0.717, 1.165) is 25.7 Å². The number of hydrogen-bond acceptors (Lipinski definition) is 6. The first kappa shape index (κ1) is 19.6. The molecule has 0 radical (unpaired) electrons. The molecule has 1 spiro atoms. The molecule has 29 heavy (non-hydrogen) atoms. The summed E-state index contributed by atoms with van der Waals surface area (Å²) in [6, 6.07) is 3.08. The van der Waals surface area contributed by atoms with Crippen molar-refractivity contribution in [2.24, 2.45) is 5.41 Å². The minimum absolute atomic E-state index is 0.00534. The van der Waals surface area contributed by atoms with Crippen molar-refractivity contribution in [3.8, 4) is 0 Å². The lowest BCUT2D eigenvalue weighted by molar-refractivity contribution is -0.389. The largest absolute Gasteiger partial charge is 0.444 e. The van der Waals surface area contributed by atoms with Gasteiger partial charge in [0.25, 0.3) is 0 Å². The molecule has 4 rings (SSSR count). The number of nitro groups is 1. The molecule has 9 nitrogen and oxygen atoms in total. The van der Waals surface area contributed by atoms with Gasteiger partial charge in [-0.2, -0.15) is 0 Å². The van der Waals surface area contributed by atoms with Crippen LogP contribution in [-0.4, -0.2) is 51.0 Å². The number of ether oxygens (including phenoxy) is 1. The van der Waals surface area contributed by atoms with Crippen LogP contribution in [0.4, 0.5) is 16.3 Å². The highest BCUT2D eigenvalue weighted by molar-refractivity contribution is 5.96. The van der Waals surface area contributed by atoms with E-state index in [9.17, 15) is 19.7 Å². The predicted octanol–water partition coefficient (Wildman–Crippen LogP) is 3.27. The van der Waals surface area contributed by atoms with Crippen LogP contribution >= 0.6 is 0 Å². The molecule has 0 aliphatic carbocycles. The minimum atomic E-state index is -0.554. The summed E-state index contributed by atoms with van der Waals surface area (Å²) in [7, 11) is 0. The average Bonchev–Trinajstić information content (AvgIpc) is 3.08. The second-order valence-corrected chi connectivity index (χ2v) is 9.47. The van der Waals surface area contributed by atoms with E-state index in [1.54, 1.807) is 11.0 Å². The Kier molecular flexibility index (Phi) is 4.51. The number of pyridine rings is 1. The molecule has 0 saturated carbocycles. The van der Waals surface area contributed by atoms with E-state index < -0.39 is 10.5 Å². The van der Waals surface area contributed by atoms with Gasteiger partial charge in [-0.1, -0.05) is 0 Å². The fraction of sp³-hybridized carbons (Fsp3) is 0.650. The molecule has 0 N–H and O–H groups in total. The fourth-order valence-electron chi connectivity index (χ4n) is 5.11. The zero-order chi connectivity index (χ0) is 21.0. The first-order chi connectivity index (χ1) is 13.6. The van der Waals surface area contributed by atoms with Crippen molar-refractivity contribution in [2.45, 2.75) is 70.6 Å². The Morgan fingerprint density at radius 3 is 2.45 bits per heavy atom. The van der Waals surface area contributed by atoms with E-state index in [4.69, 9.17) is 4.74 Å². The Balaban J connectivity index is 1.49. The fourth-order valence-corrected chi connectivity index (χ4v) is 5.11. The highest BCUT2D eigenvalue weighted by Crippen LogP contribution is 2.51. The number of anilines is 1. The highest BCUT2D eigenvalue weighted by atomic mass is 16.6. The normalized spacial score (nSPS) is 28.9. The van der Waals surface area contributed by atoms with Crippen LogP contribution in [0.3, 0.4) is 0 Å². The summed E-state index contributed by atoms with van der Waals surface area (Å²) >= 11 is 0. The van der Waals surface area contributed by atoms with Crippen molar-refractivity contribution < 1.29 is 19.2 Å². The van der Waals surface area contributed by atoms with Crippen LogP contribution in [0.1, 0.15) is 52.9 Å². The summed E-state index contributed by atoms with van der Waals surface area (Å²) in [5, 5.41) is 10.8. The Morgan fingerprint density at radius 1 is 1.28 bits per heavy atom. The topological polar surface area (TPSA) is 106 Å². The van der Waals surface area contributed by atoms with Gasteiger partial charge in [0.05, 0.1) is 5.69 Å². The maximum absolute atomic E-state index is 12.8. The summed E-state index contributed by atoms with van der Waals surface area (Å²) in [6.07, 6.45) is 4.95. The molecule has 2 unspecified atom stereocenters. The van der Waals surface area contributed by atoms with Crippen LogP contribution < -0.4 is 4.90 Å². The highest BCUT2D eigenvalue weighted by Gasteiger charge is 2.55. The molecule has 156 valence electrons. The lowest BCUT2D eigenvalue weighted by Gasteiger charge is -2.44. The first-order valence-electron chi connectivity index (χ1n) is 9.99. The Bertz CT molecular complexity index is 833. The molecule has 3 aliphatic rings. The number of carbonyl (C=O) groups is 2. The van der Waals surface area contributed by atoms with Crippen LogP contribution in [-0.2, 0) is 9.53 Å². The van der Waals surface area contributed by atoms with Gasteiger partial charge >= 0.3 is 11.9 Å². The molecular formula is C20H26N4O5. The summed E-state index contributed by atoms with van der Waals surface area (Å²) in [4.78, 5) is 43.1. The van der Waals surface area contributed by atoms with Gasteiger partial charge in [0.2, 0.25) is 5.91 Å². The van der Waals surface area contributed by atoms with Gasteiger partial charge in [-0.25, -0.2) is 4.79 Å². The first-order valence-corrected chi connectivity index (χ1v) is 9.99. The molecule has 4 heterocycles. The third kappa shape index (κ3) is 3.65. The number of carbonyl (C=O) groups excluding carboxylic acids is 2. The quantitative estimate of drug-likeness (QED) is 0.555. The maximum Gasteiger partial charge on any atom is 0.410 e. The number of hydrogen-bond donors (Lipinski definition) is 0. The SMILES string of the molecule is CC(C)(C)OC(=O)N1C2CCC1CC1(CC(=O)N(c3ccc([N+](=O)[O-])nc3)C1)C2. The Morgan fingerprint density at radius 2 is 1.93 bits per heavy atom. The van der Waals surface area contributed by atoms with E-state index in [1.807, 2.05) is 25.7 Å². The van der Waals surface area contributed by atoms with Gasteiger partial charge in [0.15, 0.2) is 6.20 Å². The van der Waals surface area contributed by atoms with E-state index in [1.165, 1.54) is 12.3 Å². The zero-order valence-electron chi connectivity index (χ0n) is 17.0. The lowest BCUT2D eigenvalue weighted by Crippen LogP contribution is -2.52. The van der Waals surface area contributed by atoms with Crippen molar-refractivity contribution in [1.82, 2.24) is 9.88 Å². The van der Waals surface area contributed by atoms with Gasteiger partial charge in [0.1, 0.15) is 5.60 Å². The number of amides is 2. The standard InChI is InChI=1S/C20H26N4O5/c1-19(2,3)29-18(26)23-13-4-5-14(23)9-20(8-13)10-17(25)22(12-20)15-6-7-16(21-11-15)24(27)28/h6-7,11,13-14H,4-5,8-10,12H2,1-3H3. The molecule has 1 aromatic heterocycles. The zero-order valence-corrected chi connectivity index (χ0v) is 17.0. The summed E-state index contributed by atoms with van der Waals surface area (Å²) in [5.74, 6) is -0.232. The molecule has 2 amide bonds. The van der Waals surface area contributed by atoms with Gasteiger partial charge in [-0.05, 0) is 62.4 Å². The molecular weight excluding hydrogens is 376 g/mol. The third-order valence-electron chi connectivity index (χ3n) is 6.11. The second kappa shape index (κ2) is 6.67. The third-order valence-corrected chi connectivity index (χ3v) is 6.11. The van der Waals surface area contributed by atoms with Crippen molar-refractivity contribution >= 4 is 23.5 Å². The van der Waals surface area contributed by atoms with Crippen molar-refractivity contribution in [2.75, 3.05) is 11.4 Å². The maximum atomic E-state index is 12.8. The molecule has 9 heteroatoms. The number of nitrogens with zero attached hydrogens (tertiary/aromatic N) is 4. The van der Waals surface area contributed by atoms with Gasteiger partial charge in [-0.15, -0.1) is 0 Å². The number of aromatic nitrogens is 1. The van der Waals surface area contributed by atoms with Crippen molar-refractivity contribution in [3.63, 3.8) is 0 Å².